The monoisotopic (exact) mass is 491 g/mol. The number of oxime groups is 1. The molecule has 1 aliphatic heterocycles. The number of ether oxygens (including phenoxy) is 4. The van der Waals surface area contributed by atoms with E-state index in [9.17, 15) is 4.79 Å². The maximum absolute atomic E-state index is 10.9. The lowest BCUT2D eigenvalue weighted by Gasteiger charge is -2.41. The van der Waals surface area contributed by atoms with Crippen LogP contribution < -0.4 is 9.47 Å². The van der Waals surface area contributed by atoms with Crippen LogP contribution in [0.25, 0.3) is 0 Å². The normalized spacial score (nSPS) is 14.6. The summed E-state index contributed by atoms with van der Waals surface area (Å²) in [7, 11) is 1.52. The van der Waals surface area contributed by atoms with E-state index in [1.165, 1.54) is 12.7 Å². The molecule has 0 atom stereocenters. The number of carboxylic acids is 1. The van der Waals surface area contributed by atoms with Crippen molar-refractivity contribution in [1.29, 1.82) is 0 Å². The predicted octanol–water partition coefficient (Wildman–Crippen LogP) is 4.33. The van der Waals surface area contributed by atoms with E-state index in [0.29, 0.717) is 37.0 Å². The first-order chi connectivity index (χ1) is 17.5. The van der Waals surface area contributed by atoms with Crippen LogP contribution in [0.4, 0.5) is 0 Å². The van der Waals surface area contributed by atoms with Crippen molar-refractivity contribution in [2.24, 2.45) is 5.16 Å². The van der Waals surface area contributed by atoms with E-state index in [0.717, 1.165) is 16.7 Å². The second kappa shape index (κ2) is 11.7. The van der Waals surface area contributed by atoms with Gasteiger partial charge in [0, 0.05) is 5.56 Å². The van der Waals surface area contributed by atoms with E-state index < -0.39 is 11.6 Å². The largest absolute Gasteiger partial charge is 0.489 e. The van der Waals surface area contributed by atoms with Gasteiger partial charge < -0.3 is 28.9 Å². The van der Waals surface area contributed by atoms with Gasteiger partial charge in [-0.1, -0.05) is 59.3 Å². The molecule has 0 amide bonds. The molecule has 0 radical (unpaired) electrons. The van der Waals surface area contributed by atoms with E-state index in [-0.39, 0.29) is 13.2 Å². The van der Waals surface area contributed by atoms with Crippen LogP contribution in [0.1, 0.15) is 22.3 Å². The standard InChI is InChI=1S/C28H29NO7/c1-20-3-7-22(8-4-20)26(29-32-2)16-35-24-11-5-21(6-12-24)15-34-25-13-9-23(10-14-25)28(18-33-19-28)36-17-27(30)31/h3-14H,15-19H2,1-2H3,(H,30,31)/b29-26-. The molecular weight excluding hydrogens is 462 g/mol. The molecule has 0 spiro atoms. The highest BCUT2D eigenvalue weighted by Gasteiger charge is 2.42. The molecule has 3 aromatic carbocycles. The van der Waals surface area contributed by atoms with Crippen LogP contribution in [0.15, 0.2) is 78.0 Å². The van der Waals surface area contributed by atoms with Crippen molar-refractivity contribution >= 4 is 11.7 Å². The van der Waals surface area contributed by atoms with Crippen molar-refractivity contribution < 1.29 is 33.7 Å². The first-order valence-corrected chi connectivity index (χ1v) is 11.5. The summed E-state index contributed by atoms with van der Waals surface area (Å²) in [6.45, 7) is 3.00. The minimum Gasteiger partial charge on any atom is -0.489 e. The molecule has 1 aliphatic rings. The highest BCUT2D eigenvalue weighted by atomic mass is 16.6. The predicted molar refractivity (Wildman–Crippen MR) is 134 cm³/mol. The van der Waals surface area contributed by atoms with Gasteiger partial charge in [-0.15, -0.1) is 0 Å². The summed E-state index contributed by atoms with van der Waals surface area (Å²) >= 11 is 0. The highest BCUT2D eigenvalue weighted by Crippen LogP contribution is 2.34. The Morgan fingerprint density at radius 1 is 0.917 bits per heavy atom. The molecule has 1 heterocycles. The molecule has 0 aliphatic carbocycles. The van der Waals surface area contributed by atoms with Gasteiger partial charge in [0.05, 0.1) is 13.2 Å². The fourth-order valence-corrected chi connectivity index (χ4v) is 3.69. The van der Waals surface area contributed by atoms with Gasteiger partial charge in [0.2, 0.25) is 0 Å². The van der Waals surface area contributed by atoms with Gasteiger partial charge in [-0.25, -0.2) is 4.79 Å². The van der Waals surface area contributed by atoms with E-state index in [2.05, 4.69) is 5.16 Å². The molecule has 1 fully saturated rings. The van der Waals surface area contributed by atoms with E-state index in [4.69, 9.17) is 28.9 Å². The summed E-state index contributed by atoms with van der Waals surface area (Å²) in [5.74, 6) is 0.409. The molecule has 0 saturated carbocycles. The summed E-state index contributed by atoms with van der Waals surface area (Å²) in [5, 5.41) is 13.0. The number of carboxylic acid groups (broad SMARTS) is 1. The van der Waals surface area contributed by atoms with Gasteiger partial charge in [-0.3, -0.25) is 0 Å². The molecule has 0 unspecified atom stereocenters. The summed E-state index contributed by atoms with van der Waals surface area (Å²) < 4.78 is 22.7. The third kappa shape index (κ3) is 6.41. The highest BCUT2D eigenvalue weighted by molar-refractivity contribution is 6.01. The number of aryl methyl sites for hydroxylation is 1. The molecule has 4 rings (SSSR count). The number of benzene rings is 3. The van der Waals surface area contributed by atoms with Crippen LogP contribution in [0.3, 0.4) is 0 Å². The van der Waals surface area contributed by atoms with Crippen molar-refractivity contribution in [2.75, 3.05) is 33.5 Å². The van der Waals surface area contributed by atoms with Crippen LogP contribution >= 0.6 is 0 Å². The van der Waals surface area contributed by atoms with Gasteiger partial charge in [-0.05, 0) is 42.3 Å². The number of aliphatic carboxylic acids is 1. The second-order valence-corrected chi connectivity index (χ2v) is 8.50. The van der Waals surface area contributed by atoms with E-state index in [1.54, 1.807) is 0 Å². The third-order valence-corrected chi connectivity index (χ3v) is 5.81. The van der Waals surface area contributed by atoms with Gasteiger partial charge in [-0.2, -0.15) is 0 Å². The van der Waals surface area contributed by atoms with Crippen LogP contribution in [-0.2, 0) is 31.3 Å². The second-order valence-electron chi connectivity index (χ2n) is 8.50. The van der Waals surface area contributed by atoms with Gasteiger partial charge in [0.25, 0.3) is 0 Å². The van der Waals surface area contributed by atoms with Crippen molar-refractivity contribution in [1.82, 2.24) is 0 Å². The molecule has 1 N–H and O–H groups in total. The average Bonchev–Trinajstić information content (AvgIpc) is 2.86. The summed E-state index contributed by atoms with van der Waals surface area (Å²) in [5.41, 5.74) is 3.97. The third-order valence-electron chi connectivity index (χ3n) is 5.81. The zero-order valence-electron chi connectivity index (χ0n) is 20.3. The smallest absolute Gasteiger partial charge is 0.329 e. The number of hydrogen-bond acceptors (Lipinski definition) is 7. The molecule has 1 saturated heterocycles. The topological polar surface area (TPSA) is 95.8 Å². The van der Waals surface area contributed by atoms with Crippen molar-refractivity contribution in [2.45, 2.75) is 19.1 Å². The van der Waals surface area contributed by atoms with Crippen LogP contribution in [0.2, 0.25) is 0 Å². The summed E-state index contributed by atoms with van der Waals surface area (Å²) in [6, 6.07) is 23.2. The number of carbonyl (C=O) groups is 1. The Morgan fingerprint density at radius 2 is 1.56 bits per heavy atom. The van der Waals surface area contributed by atoms with E-state index >= 15 is 0 Å². The lowest BCUT2D eigenvalue weighted by Crippen LogP contribution is -2.49. The number of rotatable bonds is 12. The number of nitrogens with zero attached hydrogens (tertiary/aromatic N) is 1. The van der Waals surface area contributed by atoms with E-state index in [1.807, 2.05) is 79.7 Å². The Labute approximate surface area is 210 Å². The van der Waals surface area contributed by atoms with Crippen LogP contribution in [0.5, 0.6) is 11.5 Å². The zero-order valence-corrected chi connectivity index (χ0v) is 20.3. The maximum atomic E-state index is 10.9. The molecular formula is C28H29NO7. The Hall–Kier alpha value is -3.88. The molecule has 3 aromatic rings. The molecule has 36 heavy (non-hydrogen) atoms. The molecule has 8 nitrogen and oxygen atoms in total. The maximum Gasteiger partial charge on any atom is 0.329 e. The summed E-state index contributed by atoms with van der Waals surface area (Å²) in [6.07, 6.45) is 0. The van der Waals surface area contributed by atoms with Crippen molar-refractivity contribution in [3.8, 4) is 11.5 Å². The Bertz CT molecular complexity index is 1170. The van der Waals surface area contributed by atoms with Crippen molar-refractivity contribution in [3.05, 3.63) is 95.1 Å². The minimum absolute atomic E-state index is 0.280. The summed E-state index contributed by atoms with van der Waals surface area (Å²) in [4.78, 5) is 15.9. The fourth-order valence-electron chi connectivity index (χ4n) is 3.69. The average molecular weight is 492 g/mol. The lowest BCUT2D eigenvalue weighted by molar-refractivity contribution is -0.220. The van der Waals surface area contributed by atoms with Crippen LogP contribution in [0, 0.1) is 6.92 Å². The Balaban J connectivity index is 1.29. The molecule has 0 aromatic heterocycles. The Morgan fingerprint density at radius 3 is 2.14 bits per heavy atom. The minimum atomic E-state index is -1.01. The van der Waals surface area contributed by atoms with Gasteiger partial charge >= 0.3 is 5.97 Å². The van der Waals surface area contributed by atoms with Crippen LogP contribution in [-0.4, -0.2) is 50.3 Å². The first kappa shape index (κ1) is 25.2. The zero-order chi connectivity index (χ0) is 25.4. The Kier molecular flexibility index (Phi) is 8.20. The number of hydrogen-bond donors (Lipinski definition) is 1. The van der Waals surface area contributed by atoms with Crippen molar-refractivity contribution in [3.63, 3.8) is 0 Å². The van der Waals surface area contributed by atoms with Gasteiger partial charge in [0.1, 0.15) is 49.7 Å². The molecule has 8 heteroatoms. The SMILES string of the molecule is CO/N=C(/COc1ccc(COc2ccc(C3(OCC(=O)O)COC3)cc2)cc1)c1ccc(C)cc1. The molecule has 188 valence electrons. The van der Waals surface area contributed by atoms with Gasteiger partial charge in [0.15, 0.2) is 0 Å². The fraction of sp³-hybridized carbons (Fsp3) is 0.286. The first-order valence-electron chi connectivity index (χ1n) is 11.5. The molecule has 0 bridgehead atoms. The lowest BCUT2D eigenvalue weighted by atomic mass is 9.91. The quantitative estimate of drug-likeness (QED) is 0.298.